The maximum atomic E-state index is 10.8. The molecule has 1 N–H and O–H groups in total. The topological polar surface area (TPSA) is 93.8 Å². The number of tetrazole rings is 1. The lowest BCUT2D eigenvalue weighted by Crippen LogP contribution is -2.17. The Balaban J connectivity index is 2.19. The highest BCUT2D eigenvalue weighted by Gasteiger charge is 2.18. The van der Waals surface area contributed by atoms with Crippen molar-refractivity contribution >= 4 is 5.97 Å². The summed E-state index contributed by atoms with van der Waals surface area (Å²) in [5.74, 6) is -0.184. The Bertz CT molecular complexity index is 540. The molecule has 0 radical (unpaired) electrons. The van der Waals surface area contributed by atoms with Crippen LogP contribution in [0.15, 0.2) is 24.5 Å². The van der Waals surface area contributed by atoms with Gasteiger partial charge in [0.2, 0.25) is 0 Å². The van der Waals surface area contributed by atoms with E-state index in [1.54, 1.807) is 17.1 Å². The molecule has 1 atom stereocenters. The van der Waals surface area contributed by atoms with E-state index in [-0.39, 0.29) is 12.5 Å². The van der Waals surface area contributed by atoms with Crippen LogP contribution in [0.3, 0.4) is 0 Å². The van der Waals surface area contributed by atoms with E-state index in [4.69, 9.17) is 5.11 Å². The van der Waals surface area contributed by atoms with E-state index in [1.165, 1.54) is 0 Å². The van der Waals surface area contributed by atoms with Gasteiger partial charge in [0.05, 0.1) is 12.5 Å². The van der Waals surface area contributed by atoms with Gasteiger partial charge in [-0.3, -0.25) is 9.78 Å². The first-order valence-electron chi connectivity index (χ1n) is 6.08. The summed E-state index contributed by atoms with van der Waals surface area (Å²) in [6.45, 7) is 1.92. The summed E-state index contributed by atoms with van der Waals surface area (Å²) in [7, 11) is 0. The van der Waals surface area contributed by atoms with E-state index in [2.05, 4.69) is 20.5 Å². The minimum Gasteiger partial charge on any atom is -0.481 e. The van der Waals surface area contributed by atoms with Crippen LogP contribution in [0.4, 0.5) is 0 Å². The fourth-order valence-corrected chi connectivity index (χ4v) is 1.90. The average molecular weight is 261 g/mol. The van der Waals surface area contributed by atoms with Crippen LogP contribution in [0, 0.1) is 0 Å². The lowest BCUT2D eigenvalue weighted by atomic mass is 10.1. The van der Waals surface area contributed by atoms with E-state index < -0.39 is 5.97 Å². The van der Waals surface area contributed by atoms with Gasteiger partial charge in [-0.2, -0.15) is 0 Å². The van der Waals surface area contributed by atoms with Crippen LogP contribution in [0.2, 0.25) is 0 Å². The number of rotatable bonds is 6. The van der Waals surface area contributed by atoms with E-state index in [9.17, 15) is 4.79 Å². The molecule has 2 aromatic heterocycles. The van der Waals surface area contributed by atoms with Gasteiger partial charge in [-0.25, -0.2) is 4.68 Å². The smallest absolute Gasteiger partial charge is 0.305 e. The Kier molecular flexibility index (Phi) is 4.17. The highest BCUT2D eigenvalue weighted by Crippen LogP contribution is 2.17. The molecule has 0 saturated heterocycles. The van der Waals surface area contributed by atoms with Gasteiger partial charge < -0.3 is 5.11 Å². The fraction of sp³-hybridized carbons (Fsp3) is 0.417. The Labute approximate surface area is 110 Å². The molecule has 0 saturated carbocycles. The van der Waals surface area contributed by atoms with Crippen molar-refractivity contribution < 1.29 is 9.90 Å². The number of carbonyl (C=O) groups is 1. The normalized spacial score (nSPS) is 12.3. The third kappa shape index (κ3) is 3.34. The minimum absolute atomic E-state index is 0.0187. The van der Waals surface area contributed by atoms with E-state index in [1.807, 2.05) is 19.1 Å². The molecule has 0 bridgehead atoms. The van der Waals surface area contributed by atoms with Crippen molar-refractivity contribution in [1.29, 1.82) is 0 Å². The summed E-state index contributed by atoms with van der Waals surface area (Å²) < 4.78 is 1.61. The fourth-order valence-electron chi connectivity index (χ4n) is 1.90. The van der Waals surface area contributed by atoms with Crippen LogP contribution in [0.5, 0.6) is 0 Å². The Hall–Kier alpha value is -2.31. The van der Waals surface area contributed by atoms with Gasteiger partial charge in [0.1, 0.15) is 0 Å². The third-order valence-corrected chi connectivity index (χ3v) is 2.90. The molecule has 7 heteroatoms. The standard InChI is InChI=1S/C12H15N5O2/c1-2-10(8-12(18)19)17-11(14-15-16-17)7-9-3-5-13-6-4-9/h3-6,10H,2,7-8H2,1H3,(H,18,19). The second-order valence-corrected chi connectivity index (χ2v) is 4.23. The predicted molar refractivity (Wildman–Crippen MR) is 66.4 cm³/mol. The van der Waals surface area contributed by atoms with Crippen molar-refractivity contribution in [3.05, 3.63) is 35.9 Å². The van der Waals surface area contributed by atoms with Gasteiger partial charge in [-0.1, -0.05) is 6.92 Å². The summed E-state index contributed by atoms with van der Waals surface area (Å²) in [4.78, 5) is 14.8. The maximum absolute atomic E-state index is 10.8. The van der Waals surface area contributed by atoms with E-state index in [0.717, 1.165) is 5.56 Å². The zero-order valence-corrected chi connectivity index (χ0v) is 10.6. The van der Waals surface area contributed by atoms with Gasteiger partial charge in [-0.05, 0) is 34.5 Å². The molecule has 0 spiro atoms. The highest BCUT2D eigenvalue weighted by atomic mass is 16.4. The molecule has 2 aromatic rings. The molecular weight excluding hydrogens is 246 g/mol. The number of hydrogen-bond donors (Lipinski definition) is 1. The van der Waals surface area contributed by atoms with Gasteiger partial charge in [-0.15, -0.1) is 5.10 Å². The van der Waals surface area contributed by atoms with Gasteiger partial charge in [0, 0.05) is 18.8 Å². The first-order chi connectivity index (χ1) is 9.20. The molecular formula is C12H15N5O2. The molecule has 0 aliphatic rings. The lowest BCUT2D eigenvalue weighted by molar-refractivity contribution is -0.138. The van der Waals surface area contributed by atoms with Crippen LogP contribution in [-0.2, 0) is 11.2 Å². The van der Waals surface area contributed by atoms with Crippen molar-refractivity contribution in [2.45, 2.75) is 32.2 Å². The highest BCUT2D eigenvalue weighted by molar-refractivity contribution is 5.67. The van der Waals surface area contributed by atoms with Crippen molar-refractivity contribution in [1.82, 2.24) is 25.2 Å². The predicted octanol–water partition coefficient (Wildman–Crippen LogP) is 1.08. The second kappa shape index (κ2) is 6.03. The van der Waals surface area contributed by atoms with Crippen molar-refractivity contribution in [3.63, 3.8) is 0 Å². The first kappa shape index (κ1) is 13.1. The summed E-state index contributed by atoms with van der Waals surface area (Å²) in [6, 6.07) is 3.55. The molecule has 2 rings (SSSR count). The Morgan fingerprint density at radius 2 is 2.16 bits per heavy atom. The number of carboxylic acid groups (broad SMARTS) is 1. The largest absolute Gasteiger partial charge is 0.481 e. The average Bonchev–Trinajstić information content (AvgIpc) is 2.85. The number of aromatic nitrogens is 5. The number of hydrogen-bond acceptors (Lipinski definition) is 5. The number of nitrogens with zero attached hydrogens (tertiary/aromatic N) is 5. The zero-order valence-electron chi connectivity index (χ0n) is 10.6. The summed E-state index contributed by atoms with van der Waals surface area (Å²) in [5.41, 5.74) is 1.04. The van der Waals surface area contributed by atoms with E-state index in [0.29, 0.717) is 18.7 Å². The first-order valence-corrected chi connectivity index (χ1v) is 6.08. The summed E-state index contributed by atoms with van der Waals surface area (Å²) >= 11 is 0. The number of aliphatic carboxylic acids is 1. The van der Waals surface area contributed by atoms with Crippen molar-refractivity contribution in [2.75, 3.05) is 0 Å². The third-order valence-electron chi connectivity index (χ3n) is 2.90. The zero-order chi connectivity index (χ0) is 13.7. The number of carboxylic acids is 1. The SMILES string of the molecule is CCC(CC(=O)O)n1nnnc1Cc1ccncc1. The quantitative estimate of drug-likeness (QED) is 0.836. The van der Waals surface area contributed by atoms with E-state index >= 15 is 0 Å². The monoisotopic (exact) mass is 261 g/mol. The van der Waals surface area contributed by atoms with Crippen LogP contribution < -0.4 is 0 Å². The molecule has 1 unspecified atom stereocenters. The van der Waals surface area contributed by atoms with Gasteiger partial charge >= 0.3 is 5.97 Å². The molecule has 0 aliphatic heterocycles. The molecule has 0 aliphatic carbocycles. The number of pyridine rings is 1. The molecule has 2 heterocycles. The molecule has 7 nitrogen and oxygen atoms in total. The Morgan fingerprint density at radius 3 is 2.79 bits per heavy atom. The van der Waals surface area contributed by atoms with Crippen LogP contribution in [-0.4, -0.2) is 36.3 Å². The molecule has 100 valence electrons. The maximum Gasteiger partial charge on any atom is 0.305 e. The summed E-state index contributed by atoms with van der Waals surface area (Å²) in [5, 5.41) is 20.4. The molecule has 0 fully saturated rings. The van der Waals surface area contributed by atoms with Gasteiger partial charge in [0.25, 0.3) is 0 Å². The van der Waals surface area contributed by atoms with Crippen LogP contribution in [0.25, 0.3) is 0 Å². The molecule has 0 aromatic carbocycles. The molecule has 0 amide bonds. The Morgan fingerprint density at radius 1 is 1.42 bits per heavy atom. The summed E-state index contributed by atoms with van der Waals surface area (Å²) in [6.07, 6.45) is 4.66. The second-order valence-electron chi connectivity index (χ2n) is 4.23. The van der Waals surface area contributed by atoms with Crippen LogP contribution >= 0.6 is 0 Å². The van der Waals surface area contributed by atoms with Crippen molar-refractivity contribution in [2.24, 2.45) is 0 Å². The molecule has 19 heavy (non-hydrogen) atoms. The lowest BCUT2D eigenvalue weighted by Gasteiger charge is -2.14. The van der Waals surface area contributed by atoms with Crippen molar-refractivity contribution in [3.8, 4) is 0 Å². The van der Waals surface area contributed by atoms with Crippen LogP contribution in [0.1, 0.15) is 37.2 Å². The minimum atomic E-state index is -0.850. The van der Waals surface area contributed by atoms with Gasteiger partial charge in [0.15, 0.2) is 5.82 Å².